The highest BCUT2D eigenvalue weighted by Crippen LogP contribution is 2.38. The normalized spacial score (nSPS) is 13.2. The van der Waals surface area contributed by atoms with Gasteiger partial charge in [-0.3, -0.25) is 4.79 Å². The molecule has 5 rings (SSSR count). The molecule has 8 bridgehead atoms. The van der Waals surface area contributed by atoms with Crippen molar-refractivity contribution in [2.45, 2.75) is 60.8 Å². The van der Waals surface area contributed by atoms with Crippen LogP contribution in [0.15, 0.2) is 36.9 Å². The van der Waals surface area contributed by atoms with Crippen molar-refractivity contribution in [2.24, 2.45) is 0 Å². The van der Waals surface area contributed by atoms with E-state index in [1.165, 1.54) is 11.1 Å². The molecular weight excluding hydrogens is 562 g/mol. The maximum absolute atomic E-state index is 13.1. The number of aryl methyl sites for hydroxylation is 4. The van der Waals surface area contributed by atoms with Gasteiger partial charge in [-0.05, 0) is 111 Å². The zero-order valence-electron chi connectivity index (χ0n) is 27.6. The van der Waals surface area contributed by atoms with E-state index in [4.69, 9.17) is 19.8 Å². The van der Waals surface area contributed by atoms with Gasteiger partial charge in [0.15, 0.2) is 0 Å². The number of hydrogen-bond acceptors (Lipinski definition) is 5. The molecule has 3 aromatic rings. The van der Waals surface area contributed by atoms with E-state index in [0.717, 1.165) is 84.7 Å². The second kappa shape index (κ2) is 13.4. The standard InChI is InChI=1S/C37H45N5O3/c1-9-26-23(5)32-20-35-27(10-2)22(4)31(39-35)19-33-24(6)28(11-12-36(44)42(8)13-15-45-16-14-43)37(41-33)25(7)30-17-21(3)29(38-30)18-34(26)40-32/h10,17-20,38,40,43H,2,9,11-16H2,1,3-8H3. The fourth-order valence-corrected chi connectivity index (χ4v) is 6.25. The highest BCUT2D eigenvalue weighted by Gasteiger charge is 2.23. The van der Waals surface area contributed by atoms with Crippen LogP contribution in [0.5, 0.6) is 0 Å². The van der Waals surface area contributed by atoms with Crippen LogP contribution in [0, 0.1) is 20.8 Å². The largest absolute Gasteiger partial charge is 0.394 e. The molecule has 45 heavy (non-hydrogen) atoms. The number of amides is 1. The molecule has 0 fully saturated rings. The Labute approximate surface area is 265 Å². The van der Waals surface area contributed by atoms with Gasteiger partial charge in [0.25, 0.3) is 0 Å². The molecule has 0 radical (unpaired) electrons. The van der Waals surface area contributed by atoms with E-state index >= 15 is 0 Å². The Balaban J connectivity index is 1.70. The molecule has 8 heteroatoms. The maximum Gasteiger partial charge on any atom is 0.222 e. The van der Waals surface area contributed by atoms with Crippen molar-refractivity contribution < 1.29 is 14.6 Å². The zero-order chi connectivity index (χ0) is 32.4. The topological polar surface area (TPSA) is 107 Å². The van der Waals surface area contributed by atoms with E-state index in [0.29, 0.717) is 26.0 Å². The number of allylic oxidation sites excluding steroid dienone is 5. The molecular formula is C37H45N5O3. The molecule has 8 nitrogen and oxygen atoms in total. The van der Waals surface area contributed by atoms with Crippen molar-refractivity contribution in [2.75, 3.05) is 33.4 Å². The first-order valence-electron chi connectivity index (χ1n) is 15.8. The number of nitrogens with zero attached hydrogens (tertiary/aromatic N) is 3. The molecule has 2 aliphatic rings. The number of aromatic nitrogens is 4. The van der Waals surface area contributed by atoms with E-state index < -0.39 is 0 Å². The lowest BCUT2D eigenvalue weighted by molar-refractivity contribution is -0.130. The minimum Gasteiger partial charge on any atom is -0.394 e. The van der Waals surface area contributed by atoms with Crippen molar-refractivity contribution in [1.29, 1.82) is 0 Å². The molecule has 2 aliphatic heterocycles. The summed E-state index contributed by atoms with van der Waals surface area (Å²) in [5.41, 5.74) is 16.6. The summed E-state index contributed by atoms with van der Waals surface area (Å²) in [5, 5.41) is 8.94. The maximum atomic E-state index is 13.1. The first-order chi connectivity index (χ1) is 21.6. The van der Waals surface area contributed by atoms with Crippen molar-refractivity contribution in [3.8, 4) is 0 Å². The number of aromatic amines is 2. The van der Waals surface area contributed by atoms with Gasteiger partial charge in [0.05, 0.1) is 42.6 Å². The fourth-order valence-electron chi connectivity index (χ4n) is 6.25. The Kier molecular flexibility index (Phi) is 9.56. The monoisotopic (exact) mass is 607 g/mol. The molecule has 5 heterocycles. The quantitative estimate of drug-likeness (QED) is 0.213. The van der Waals surface area contributed by atoms with Crippen molar-refractivity contribution in [1.82, 2.24) is 24.8 Å². The van der Waals surface area contributed by atoms with E-state index in [-0.39, 0.29) is 19.1 Å². The third kappa shape index (κ3) is 6.30. The van der Waals surface area contributed by atoms with E-state index in [2.05, 4.69) is 82.4 Å². The van der Waals surface area contributed by atoms with E-state index in [1.807, 2.05) is 6.08 Å². The molecule has 0 saturated carbocycles. The minimum atomic E-state index is -0.0285. The molecule has 0 aromatic carbocycles. The molecule has 0 spiro atoms. The molecule has 0 atom stereocenters. The van der Waals surface area contributed by atoms with Crippen LogP contribution in [-0.2, 0) is 16.0 Å². The number of fused-ring (bicyclic) bond motifs is 8. The highest BCUT2D eigenvalue weighted by atomic mass is 16.5. The van der Waals surface area contributed by atoms with E-state index in [1.54, 1.807) is 11.9 Å². The van der Waals surface area contributed by atoms with Gasteiger partial charge in [0.1, 0.15) is 0 Å². The second-order valence-corrected chi connectivity index (χ2v) is 12.0. The van der Waals surface area contributed by atoms with Crippen molar-refractivity contribution in [3.05, 3.63) is 81.9 Å². The van der Waals surface area contributed by atoms with Gasteiger partial charge >= 0.3 is 0 Å². The number of hydrogen-bond donors (Lipinski definition) is 3. The predicted octanol–water partition coefficient (Wildman–Crippen LogP) is 7.10. The summed E-state index contributed by atoms with van der Waals surface area (Å²) in [7, 11) is 1.79. The van der Waals surface area contributed by atoms with E-state index in [9.17, 15) is 4.79 Å². The lowest BCUT2D eigenvalue weighted by Gasteiger charge is -2.17. The minimum absolute atomic E-state index is 0.0285. The summed E-state index contributed by atoms with van der Waals surface area (Å²) in [6, 6.07) is 8.58. The smallest absolute Gasteiger partial charge is 0.222 e. The summed E-state index contributed by atoms with van der Waals surface area (Å²) in [5.74, 6) is 0.0415. The molecule has 0 saturated heterocycles. The average molecular weight is 608 g/mol. The molecule has 3 aromatic heterocycles. The van der Waals surface area contributed by atoms with Gasteiger partial charge in [-0.25, -0.2) is 9.97 Å². The van der Waals surface area contributed by atoms with Crippen LogP contribution in [0.4, 0.5) is 0 Å². The average Bonchev–Trinajstić information content (AvgIpc) is 3.72. The lowest BCUT2D eigenvalue weighted by Crippen LogP contribution is -2.30. The van der Waals surface area contributed by atoms with Crippen LogP contribution >= 0.6 is 0 Å². The molecule has 0 aliphatic carbocycles. The summed E-state index contributed by atoms with van der Waals surface area (Å²) in [6.07, 6.45) is 3.71. The third-order valence-corrected chi connectivity index (χ3v) is 9.15. The highest BCUT2D eigenvalue weighted by molar-refractivity contribution is 5.98. The summed E-state index contributed by atoms with van der Waals surface area (Å²) in [4.78, 5) is 32.4. The summed E-state index contributed by atoms with van der Waals surface area (Å²) in [6.45, 7) is 18.0. The number of ether oxygens (including phenoxy) is 1. The number of rotatable bonds is 10. The van der Waals surface area contributed by atoms with Crippen LogP contribution in [0.2, 0.25) is 0 Å². The molecule has 1 amide bonds. The number of likely N-dealkylation sites (N-methyl/N-ethyl adjacent to an activating group) is 1. The van der Waals surface area contributed by atoms with Gasteiger partial charge in [-0.15, -0.1) is 0 Å². The SMILES string of the molecule is C=CC1=C(C)c2cc3nc(c(C)c4cc(C)c(cc5[nH]c(cc1n2)c(C)c5CC)[nH]4)C(CCC(=O)N(C)CCOCCO)=C3C. The Morgan fingerprint density at radius 2 is 1.62 bits per heavy atom. The van der Waals surface area contributed by atoms with Gasteiger partial charge < -0.3 is 24.7 Å². The van der Waals surface area contributed by atoms with Crippen LogP contribution in [0.1, 0.15) is 78.6 Å². The first-order valence-corrected chi connectivity index (χ1v) is 15.8. The van der Waals surface area contributed by atoms with Crippen molar-refractivity contribution >= 4 is 50.3 Å². The predicted molar refractivity (Wildman–Crippen MR) is 185 cm³/mol. The Hall–Kier alpha value is -4.27. The van der Waals surface area contributed by atoms with Crippen LogP contribution in [0.3, 0.4) is 0 Å². The Morgan fingerprint density at radius 3 is 2.33 bits per heavy atom. The number of aliphatic hydroxyl groups is 1. The lowest BCUT2D eigenvalue weighted by atomic mass is 9.98. The molecule has 3 N–H and O–H groups in total. The van der Waals surface area contributed by atoms with Gasteiger partial charge in [0, 0.05) is 47.7 Å². The van der Waals surface area contributed by atoms with Crippen LogP contribution in [0.25, 0.3) is 44.4 Å². The second-order valence-electron chi connectivity index (χ2n) is 12.0. The molecule has 236 valence electrons. The third-order valence-electron chi connectivity index (χ3n) is 9.15. The van der Waals surface area contributed by atoms with Gasteiger partial charge in [-0.2, -0.15) is 0 Å². The Bertz CT molecular complexity index is 1890. The van der Waals surface area contributed by atoms with Crippen LogP contribution in [-0.4, -0.2) is 69.3 Å². The van der Waals surface area contributed by atoms with Crippen LogP contribution < -0.4 is 0 Å². The number of aliphatic hydroxyl groups excluding tert-OH is 1. The first kappa shape index (κ1) is 32.1. The Morgan fingerprint density at radius 1 is 0.911 bits per heavy atom. The summed E-state index contributed by atoms with van der Waals surface area (Å²) < 4.78 is 5.36. The summed E-state index contributed by atoms with van der Waals surface area (Å²) >= 11 is 0. The zero-order valence-corrected chi connectivity index (χ0v) is 27.6. The number of nitrogens with one attached hydrogen (secondary N) is 2. The fraction of sp³-hybridized carbons (Fsp3) is 0.378. The number of carbonyl (C=O) groups excluding carboxylic acids is 1. The van der Waals surface area contributed by atoms with Crippen molar-refractivity contribution in [3.63, 3.8) is 0 Å². The van der Waals surface area contributed by atoms with Gasteiger partial charge in [0.2, 0.25) is 5.91 Å². The van der Waals surface area contributed by atoms with Gasteiger partial charge in [-0.1, -0.05) is 19.6 Å². The molecule has 0 unspecified atom stereocenters. The number of carbonyl (C=O) groups is 1. The number of H-pyrrole nitrogens is 2.